The number of hydrogen-bond acceptors (Lipinski definition) is 5. The van der Waals surface area contributed by atoms with Gasteiger partial charge in [-0.2, -0.15) is 0 Å². The number of nitrogens with one attached hydrogen (secondary N) is 2. The second-order valence-electron chi connectivity index (χ2n) is 5.37. The minimum Gasteiger partial charge on any atom is -0.480 e. The van der Waals surface area contributed by atoms with Gasteiger partial charge in [0.1, 0.15) is 11.6 Å². The Bertz CT molecular complexity index is 859. The Labute approximate surface area is 159 Å². The van der Waals surface area contributed by atoms with Gasteiger partial charge in [0, 0.05) is 0 Å². The summed E-state index contributed by atoms with van der Waals surface area (Å²) in [5, 5.41) is 4.40. The zero-order valence-corrected chi connectivity index (χ0v) is 15.0. The molecule has 2 aromatic rings. The van der Waals surface area contributed by atoms with Crippen molar-refractivity contribution in [2.75, 3.05) is 18.5 Å². The molecule has 0 unspecified atom stereocenters. The fraction of sp³-hybridized carbons (Fsp3) is 0.167. The first-order valence-corrected chi connectivity index (χ1v) is 8.13. The van der Waals surface area contributed by atoms with Crippen LogP contribution in [0.2, 0.25) is 5.02 Å². The zero-order chi connectivity index (χ0) is 19.8. The zero-order valence-electron chi connectivity index (χ0n) is 14.3. The molecule has 9 heteroatoms. The first-order chi connectivity index (χ1) is 12.8. The van der Waals surface area contributed by atoms with Crippen LogP contribution in [-0.4, -0.2) is 31.1 Å². The Balaban J connectivity index is 1.73. The van der Waals surface area contributed by atoms with Gasteiger partial charge in [-0.3, -0.25) is 10.1 Å². The molecule has 27 heavy (non-hydrogen) atoms. The van der Waals surface area contributed by atoms with E-state index in [9.17, 15) is 18.8 Å². The van der Waals surface area contributed by atoms with Gasteiger partial charge in [-0.25, -0.2) is 14.0 Å². The average molecular weight is 395 g/mol. The second-order valence-corrected chi connectivity index (χ2v) is 5.77. The molecule has 2 aromatic carbocycles. The Hall–Kier alpha value is -3.13. The molecule has 0 bridgehead atoms. The molecule has 0 spiro atoms. The van der Waals surface area contributed by atoms with Crippen molar-refractivity contribution in [2.45, 2.75) is 6.92 Å². The highest BCUT2D eigenvalue weighted by molar-refractivity contribution is 6.32. The fourth-order valence-electron chi connectivity index (χ4n) is 1.92. The summed E-state index contributed by atoms with van der Waals surface area (Å²) in [5.41, 5.74) is 0.797. The fourth-order valence-corrected chi connectivity index (χ4v) is 2.10. The molecule has 0 atom stereocenters. The van der Waals surface area contributed by atoms with Crippen LogP contribution in [0.3, 0.4) is 0 Å². The van der Waals surface area contributed by atoms with Crippen molar-refractivity contribution in [2.24, 2.45) is 0 Å². The molecule has 3 amide bonds. The Morgan fingerprint density at radius 1 is 1.11 bits per heavy atom. The van der Waals surface area contributed by atoms with Gasteiger partial charge in [0.2, 0.25) is 0 Å². The lowest BCUT2D eigenvalue weighted by atomic mass is 10.2. The number of aryl methyl sites for hydroxylation is 1. The van der Waals surface area contributed by atoms with E-state index in [0.29, 0.717) is 10.8 Å². The van der Waals surface area contributed by atoms with Crippen molar-refractivity contribution in [3.63, 3.8) is 0 Å². The minimum atomic E-state index is -0.955. The van der Waals surface area contributed by atoms with E-state index >= 15 is 0 Å². The number of ether oxygens (including phenoxy) is 2. The molecule has 0 radical (unpaired) electrons. The van der Waals surface area contributed by atoms with Crippen LogP contribution in [0.1, 0.15) is 5.56 Å². The number of carbonyl (C=O) groups is 3. The van der Waals surface area contributed by atoms with Crippen molar-refractivity contribution in [1.29, 1.82) is 0 Å². The molecule has 0 fully saturated rings. The van der Waals surface area contributed by atoms with Crippen molar-refractivity contribution in [1.82, 2.24) is 5.32 Å². The van der Waals surface area contributed by atoms with Gasteiger partial charge < -0.3 is 14.8 Å². The molecule has 0 aliphatic heterocycles. The van der Waals surface area contributed by atoms with E-state index in [2.05, 4.69) is 5.32 Å². The van der Waals surface area contributed by atoms with Gasteiger partial charge in [-0.1, -0.05) is 29.8 Å². The van der Waals surface area contributed by atoms with Gasteiger partial charge in [0.05, 0.1) is 10.7 Å². The summed E-state index contributed by atoms with van der Waals surface area (Å²) >= 11 is 5.93. The molecule has 0 saturated heterocycles. The van der Waals surface area contributed by atoms with Gasteiger partial charge in [0.15, 0.2) is 13.2 Å². The minimum absolute atomic E-state index is 0.0942. The number of para-hydroxylation sites is 1. The highest BCUT2D eigenvalue weighted by Crippen LogP contribution is 2.25. The largest absolute Gasteiger partial charge is 0.480 e. The van der Waals surface area contributed by atoms with Crippen molar-refractivity contribution >= 4 is 35.2 Å². The molecule has 0 saturated carbocycles. The van der Waals surface area contributed by atoms with Crippen LogP contribution in [0.4, 0.5) is 14.9 Å². The second kappa shape index (κ2) is 9.54. The number of hydrogen-bond donors (Lipinski definition) is 2. The predicted molar refractivity (Wildman–Crippen MR) is 96.2 cm³/mol. The predicted octanol–water partition coefficient (Wildman–Crippen LogP) is 3.06. The summed E-state index contributed by atoms with van der Waals surface area (Å²) in [4.78, 5) is 34.8. The summed E-state index contributed by atoms with van der Waals surface area (Å²) in [7, 11) is 0. The van der Waals surface area contributed by atoms with Crippen LogP contribution in [0.15, 0.2) is 42.5 Å². The maximum absolute atomic E-state index is 13.4. The lowest BCUT2D eigenvalue weighted by Crippen LogP contribution is -2.37. The lowest BCUT2D eigenvalue weighted by molar-refractivity contribution is -0.150. The molecule has 7 nitrogen and oxygen atoms in total. The number of carbonyl (C=O) groups excluding carboxylic acids is 3. The number of imide groups is 1. The highest BCUT2D eigenvalue weighted by Gasteiger charge is 2.13. The van der Waals surface area contributed by atoms with E-state index in [1.807, 2.05) is 12.2 Å². The number of benzene rings is 2. The SMILES string of the molecule is Cc1ccc(Cl)c(OCC(=O)OCC(=O)NC(=O)Nc2ccccc2F)c1. The third kappa shape index (κ3) is 6.59. The Morgan fingerprint density at radius 2 is 1.85 bits per heavy atom. The number of amides is 3. The molecule has 2 rings (SSSR count). The molecule has 0 aromatic heterocycles. The third-order valence-corrected chi connectivity index (χ3v) is 3.48. The van der Waals surface area contributed by atoms with Gasteiger partial charge in [0.25, 0.3) is 5.91 Å². The quantitative estimate of drug-likeness (QED) is 0.734. The standard InChI is InChI=1S/C18H16ClFN2O5/c1-11-6-7-12(19)15(8-11)26-10-17(24)27-9-16(23)22-18(25)21-14-5-3-2-4-13(14)20/h2-8H,9-10H2,1H3,(H2,21,22,23,25). The molecular formula is C18H16ClFN2O5. The van der Waals surface area contributed by atoms with Crippen molar-refractivity contribution in [3.8, 4) is 5.75 Å². The smallest absolute Gasteiger partial charge is 0.344 e. The van der Waals surface area contributed by atoms with Crippen LogP contribution in [0.5, 0.6) is 5.75 Å². The maximum atomic E-state index is 13.4. The van der Waals surface area contributed by atoms with Gasteiger partial charge >= 0.3 is 12.0 Å². The summed E-state index contributed by atoms with van der Waals surface area (Å²) in [6, 6.07) is 9.55. The van der Waals surface area contributed by atoms with Crippen molar-refractivity contribution in [3.05, 3.63) is 58.9 Å². The molecule has 0 aliphatic rings. The van der Waals surface area contributed by atoms with E-state index in [4.69, 9.17) is 21.1 Å². The molecule has 0 aliphatic carbocycles. The normalized spacial score (nSPS) is 10.0. The van der Waals surface area contributed by atoms with E-state index in [1.165, 1.54) is 18.2 Å². The maximum Gasteiger partial charge on any atom is 0.344 e. The van der Waals surface area contributed by atoms with Gasteiger partial charge in [-0.15, -0.1) is 0 Å². The first-order valence-electron chi connectivity index (χ1n) is 7.75. The topological polar surface area (TPSA) is 93.7 Å². The van der Waals surface area contributed by atoms with E-state index in [-0.39, 0.29) is 5.69 Å². The van der Waals surface area contributed by atoms with Crippen LogP contribution in [0.25, 0.3) is 0 Å². The molecular weight excluding hydrogens is 379 g/mol. The summed E-state index contributed by atoms with van der Waals surface area (Å²) in [6.45, 7) is 0.671. The summed E-state index contributed by atoms with van der Waals surface area (Å²) < 4.78 is 23.3. The molecule has 0 heterocycles. The van der Waals surface area contributed by atoms with E-state index < -0.39 is 36.9 Å². The Kier molecular flexibility index (Phi) is 7.13. The lowest BCUT2D eigenvalue weighted by Gasteiger charge is -2.09. The summed E-state index contributed by atoms with van der Waals surface area (Å²) in [6.07, 6.45) is 0. The monoisotopic (exact) mass is 394 g/mol. The number of anilines is 1. The third-order valence-electron chi connectivity index (χ3n) is 3.17. The highest BCUT2D eigenvalue weighted by atomic mass is 35.5. The van der Waals surface area contributed by atoms with E-state index in [0.717, 1.165) is 11.6 Å². The summed E-state index contributed by atoms with van der Waals surface area (Å²) in [5.74, 6) is -2.05. The number of esters is 1. The average Bonchev–Trinajstić information content (AvgIpc) is 2.62. The molecule has 142 valence electrons. The number of rotatable bonds is 6. The van der Waals surface area contributed by atoms with Crippen LogP contribution in [-0.2, 0) is 14.3 Å². The van der Waals surface area contributed by atoms with Crippen molar-refractivity contribution < 1.29 is 28.2 Å². The van der Waals surface area contributed by atoms with Crippen LogP contribution in [0, 0.1) is 12.7 Å². The number of urea groups is 1. The van der Waals surface area contributed by atoms with E-state index in [1.54, 1.807) is 18.2 Å². The van der Waals surface area contributed by atoms with Gasteiger partial charge in [-0.05, 0) is 36.8 Å². The first kappa shape index (κ1) is 20.2. The van der Waals surface area contributed by atoms with Crippen LogP contribution < -0.4 is 15.4 Å². The number of halogens is 2. The Morgan fingerprint density at radius 3 is 2.59 bits per heavy atom. The molecule has 2 N–H and O–H groups in total. The van der Waals surface area contributed by atoms with Crippen LogP contribution >= 0.6 is 11.6 Å².